The molecule has 0 aliphatic carbocycles. The number of aromatic hydroxyl groups is 1. The Morgan fingerprint density at radius 1 is 1.29 bits per heavy atom. The molecule has 0 amide bonds. The van der Waals surface area contributed by atoms with E-state index >= 15 is 0 Å². The van der Waals surface area contributed by atoms with Crippen LogP contribution in [0.1, 0.15) is 19.4 Å². The van der Waals surface area contributed by atoms with Crippen LogP contribution in [0, 0.1) is 0 Å². The van der Waals surface area contributed by atoms with Crippen LogP contribution in [0.2, 0.25) is 0 Å². The number of phenolic OH excluding ortho intramolecular Hbond substituents is 1. The first-order valence-electron chi connectivity index (χ1n) is 4.66. The molecule has 0 saturated heterocycles. The molecule has 0 aromatic heterocycles. The fraction of sp³-hybridized carbons (Fsp3) is 0.455. The van der Waals surface area contributed by atoms with Crippen LogP contribution in [-0.4, -0.2) is 23.9 Å². The largest absolute Gasteiger partial charge is 0.504 e. The summed E-state index contributed by atoms with van der Waals surface area (Å²) in [5.74, 6) is 0.744. The Bertz CT molecular complexity index is 259. The summed E-state index contributed by atoms with van der Waals surface area (Å²) in [6.07, 6.45) is 0.928. The lowest BCUT2D eigenvalue weighted by atomic mass is 10.1. The first-order chi connectivity index (χ1) is 6.69. The van der Waals surface area contributed by atoms with Crippen molar-refractivity contribution in [1.29, 1.82) is 0 Å². The highest BCUT2D eigenvalue weighted by Crippen LogP contribution is 2.26. The molecule has 0 saturated carbocycles. The van der Waals surface area contributed by atoms with Crippen LogP contribution in [0.5, 0.6) is 11.5 Å². The molecule has 80 valence electrons. The minimum atomic E-state index is 0.215. The van der Waals surface area contributed by atoms with Gasteiger partial charge in [-0.3, -0.25) is 0 Å². The Labute approximate surface area is 85.0 Å². The minimum absolute atomic E-state index is 0.215. The fourth-order valence-electron chi connectivity index (χ4n) is 0.955. The molecule has 0 unspecified atom stereocenters. The van der Waals surface area contributed by atoms with Gasteiger partial charge in [0.25, 0.3) is 0 Å². The highest BCUT2D eigenvalue weighted by atomic mass is 16.5. The van der Waals surface area contributed by atoms with Crippen molar-refractivity contribution in [2.45, 2.75) is 20.3 Å². The van der Waals surface area contributed by atoms with Gasteiger partial charge in [-0.05, 0) is 31.0 Å². The number of methoxy groups -OCH3 is 1. The Kier molecular flexibility index (Phi) is 6.58. The first-order valence-corrected chi connectivity index (χ1v) is 4.66. The van der Waals surface area contributed by atoms with Crippen LogP contribution in [0.15, 0.2) is 18.2 Å². The van der Waals surface area contributed by atoms with E-state index in [2.05, 4.69) is 0 Å². The molecule has 0 atom stereocenters. The molecule has 0 radical (unpaired) electrons. The number of hydrogen-bond donors (Lipinski definition) is 2. The highest BCUT2D eigenvalue weighted by Gasteiger charge is 1.99. The van der Waals surface area contributed by atoms with Gasteiger partial charge < -0.3 is 14.9 Å². The topological polar surface area (TPSA) is 49.7 Å². The van der Waals surface area contributed by atoms with Crippen molar-refractivity contribution < 1.29 is 14.9 Å². The quantitative estimate of drug-likeness (QED) is 0.763. The Balaban J connectivity index is 0.000000500. The van der Waals surface area contributed by atoms with E-state index in [-0.39, 0.29) is 12.4 Å². The SMILES string of the molecule is CCO.CCc1ccc(OC)c(O)c1. The molecule has 1 aromatic rings. The van der Waals surface area contributed by atoms with Crippen LogP contribution in [-0.2, 0) is 6.42 Å². The summed E-state index contributed by atoms with van der Waals surface area (Å²) >= 11 is 0. The van der Waals surface area contributed by atoms with Gasteiger partial charge in [0.2, 0.25) is 0 Å². The number of rotatable bonds is 2. The van der Waals surface area contributed by atoms with Crippen molar-refractivity contribution >= 4 is 0 Å². The van der Waals surface area contributed by atoms with Crippen LogP contribution in [0.4, 0.5) is 0 Å². The molecule has 2 N–H and O–H groups in total. The lowest BCUT2D eigenvalue weighted by molar-refractivity contribution is 0.318. The number of ether oxygens (including phenoxy) is 1. The zero-order chi connectivity index (χ0) is 11.0. The molecular weight excluding hydrogens is 180 g/mol. The number of benzene rings is 1. The zero-order valence-electron chi connectivity index (χ0n) is 8.95. The molecule has 0 fully saturated rings. The summed E-state index contributed by atoms with van der Waals surface area (Å²) in [7, 11) is 1.54. The monoisotopic (exact) mass is 198 g/mol. The second-order valence-electron chi connectivity index (χ2n) is 2.68. The van der Waals surface area contributed by atoms with E-state index in [0.717, 1.165) is 12.0 Å². The van der Waals surface area contributed by atoms with Crippen LogP contribution in [0.25, 0.3) is 0 Å². The number of phenols is 1. The van der Waals surface area contributed by atoms with E-state index in [4.69, 9.17) is 9.84 Å². The maximum absolute atomic E-state index is 9.30. The van der Waals surface area contributed by atoms with Gasteiger partial charge in [-0.15, -0.1) is 0 Å². The summed E-state index contributed by atoms with van der Waals surface area (Å²) < 4.78 is 4.89. The minimum Gasteiger partial charge on any atom is -0.504 e. The summed E-state index contributed by atoms with van der Waals surface area (Å²) in [4.78, 5) is 0. The summed E-state index contributed by atoms with van der Waals surface area (Å²) in [5.41, 5.74) is 1.11. The van der Waals surface area contributed by atoms with Crippen molar-refractivity contribution in [2.75, 3.05) is 13.7 Å². The van der Waals surface area contributed by atoms with E-state index in [1.807, 2.05) is 13.0 Å². The molecule has 0 aliphatic heterocycles. The normalized spacial score (nSPS) is 8.86. The smallest absolute Gasteiger partial charge is 0.160 e. The second-order valence-corrected chi connectivity index (χ2v) is 2.68. The van der Waals surface area contributed by atoms with Crippen molar-refractivity contribution in [3.8, 4) is 11.5 Å². The lowest BCUT2D eigenvalue weighted by Gasteiger charge is -2.03. The predicted molar refractivity (Wildman–Crippen MR) is 56.8 cm³/mol. The van der Waals surface area contributed by atoms with E-state index in [1.54, 1.807) is 26.2 Å². The van der Waals surface area contributed by atoms with E-state index in [0.29, 0.717) is 5.75 Å². The van der Waals surface area contributed by atoms with E-state index in [1.165, 1.54) is 0 Å². The maximum atomic E-state index is 9.30. The molecule has 0 heterocycles. The fourth-order valence-corrected chi connectivity index (χ4v) is 0.955. The van der Waals surface area contributed by atoms with Crippen LogP contribution in [0.3, 0.4) is 0 Å². The van der Waals surface area contributed by atoms with Crippen LogP contribution < -0.4 is 4.74 Å². The highest BCUT2D eigenvalue weighted by molar-refractivity contribution is 5.41. The third-order valence-corrected chi connectivity index (χ3v) is 1.65. The summed E-state index contributed by atoms with van der Waals surface area (Å²) in [6.45, 7) is 3.97. The average molecular weight is 198 g/mol. The zero-order valence-corrected chi connectivity index (χ0v) is 8.95. The standard InChI is InChI=1S/C9H12O2.C2H6O/c1-3-7-4-5-9(11-2)8(10)6-7;1-2-3/h4-6,10H,3H2,1-2H3;3H,2H2,1H3. The van der Waals surface area contributed by atoms with Gasteiger partial charge in [-0.1, -0.05) is 13.0 Å². The Morgan fingerprint density at radius 3 is 2.21 bits per heavy atom. The Morgan fingerprint density at radius 2 is 1.86 bits per heavy atom. The van der Waals surface area contributed by atoms with Gasteiger partial charge in [0.05, 0.1) is 7.11 Å². The van der Waals surface area contributed by atoms with Gasteiger partial charge in [-0.25, -0.2) is 0 Å². The van der Waals surface area contributed by atoms with E-state index in [9.17, 15) is 5.11 Å². The van der Waals surface area contributed by atoms with Gasteiger partial charge in [0, 0.05) is 6.61 Å². The third-order valence-electron chi connectivity index (χ3n) is 1.65. The van der Waals surface area contributed by atoms with Gasteiger partial charge in [-0.2, -0.15) is 0 Å². The van der Waals surface area contributed by atoms with Gasteiger partial charge in [0.15, 0.2) is 11.5 Å². The molecule has 1 aromatic carbocycles. The first kappa shape index (κ1) is 12.8. The summed E-state index contributed by atoms with van der Waals surface area (Å²) in [6, 6.07) is 5.44. The Hall–Kier alpha value is -1.22. The summed E-state index contributed by atoms with van der Waals surface area (Å²) in [5, 5.41) is 16.9. The molecule has 0 spiro atoms. The predicted octanol–water partition coefficient (Wildman–Crippen LogP) is 1.96. The maximum Gasteiger partial charge on any atom is 0.160 e. The molecule has 0 bridgehead atoms. The third kappa shape index (κ3) is 4.14. The molecule has 14 heavy (non-hydrogen) atoms. The molecule has 0 aliphatic rings. The molecule has 1 rings (SSSR count). The molecule has 3 heteroatoms. The molecule has 3 nitrogen and oxygen atoms in total. The second kappa shape index (κ2) is 7.21. The van der Waals surface area contributed by atoms with Crippen molar-refractivity contribution in [2.24, 2.45) is 0 Å². The number of aliphatic hydroxyl groups is 1. The van der Waals surface area contributed by atoms with Crippen LogP contribution >= 0.6 is 0 Å². The van der Waals surface area contributed by atoms with Gasteiger partial charge in [0.1, 0.15) is 0 Å². The number of aliphatic hydroxyl groups excluding tert-OH is 1. The van der Waals surface area contributed by atoms with Crippen molar-refractivity contribution in [1.82, 2.24) is 0 Å². The average Bonchev–Trinajstić information content (AvgIpc) is 2.19. The van der Waals surface area contributed by atoms with Crippen molar-refractivity contribution in [3.63, 3.8) is 0 Å². The van der Waals surface area contributed by atoms with E-state index < -0.39 is 0 Å². The lowest BCUT2D eigenvalue weighted by Crippen LogP contribution is -1.85. The van der Waals surface area contributed by atoms with Crippen molar-refractivity contribution in [3.05, 3.63) is 23.8 Å². The van der Waals surface area contributed by atoms with Gasteiger partial charge >= 0.3 is 0 Å². The number of hydrogen-bond acceptors (Lipinski definition) is 3. The molecular formula is C11H18O3. The number of aryl methyl sites for hydroxylation is 1.